The number of anilines is 1. The van der Waals surface area contributed by atoms with E-state index < -0.39 is 16.1 Å². The van der Waals surface area contributed by atoms with Crippen LogP contribution in [-0.4, -0.2) is 41.2 Å². The molecule has 1 aliphatic rings. The van der Waals surface area contributed by atoms with Gasteiger partial charge in [0.15, 0.2) is 5.13 Å². The Bertz CT molecular complexity index is 1520. The second kappa shape index (κ2) is 10.2. The Labute approximate surface area is 223 Å². The summed E-state index contributed by atoms with van der Waals surface area (Å²) in [4.78, 5) is 24.8. The van der Waals surface area contributed by atoms with Gasteiger partial charge in [-0.15, -0.1) is 11.3 Å². The first-order valence-corrected chi connectivity index (χ1v) is 15.0. The Kier molecular flexibility index (Phi) is 7.15. The van der Waals surface area contributed by atoms with Crippen LogP contribution in [0.15, 0.2) is 53.0 Å². The molecule has 3 aromatic heterocycles. The normalized spacial score (nSPS) is 16.9. The fourth-order valence-electron chi connectivity index (χ4n) is 4.56. The SMILES string of the molecule is Cc1cc(C)c2nc(N(Cc3cccnc3)C(=O)C3CCCCN3S(=O)(=O)c3ccc(Cl)s3)sc2c1. The molecule has 0 saturated carbocycles. The number of rotatable bonds is 6. The number of fused-ring (bicyclic) bond motifs is 1. The molecule has 4 aromatic rings. The minimum Gasteiger partial charge on any atom is -0.282 e. The second-order valence-corrected chi connectivity index (χ2v) is 13.7. The molecule has 11 heteroatoms. The van der Waals surface area contributed by atoms with Crippen molar-refractivity contribution in [3.8, 4) is 0 Å². The van der Waals surface area contributed by atoms with Crippen LogP contribution in [0.1, 0.15) is 36.0 Å². The van der Waals surface area contributed by atoms with Gasteiger partial charge in [-0.3, -0.25) is 14.7 Å². The number of amides is 1. The molecule has 1 atom stereocenters. The molecule has 0 aliphatic carbocycles. The van der Waals surface area contributed by atoms with Gasteiger partial charge >= 0.3 is 0 Å². The number of nitrogens with zero attached hydrogens (tertiary/aromatic N) is 4. The van der Waals surface area contributed by atoms with Crippen molar-refractivity contribution >= 4 is 65.6 Å². The lowest BCUT2D eigenvalue weighted by molar-refractivity contribution is -0.123. The average molecular weight is 561 g/mol. The fourth-order valence-corrected chi connectivity index (χ4v) is 8.97. The number of benzene rings is 1. The number of thiazole rings is 1. The van der Waals surface area contributed by atoms with Gasteiger partial charge in [0.05, 0.1) is 21.1 Å². The summed E-state index contributed by atoms with van der Waals surface area (Å²) in [7, 11) is -3.87. The molecule has 0 N–H and O–H groups in total. The van der Waals surface area contributed by atoms with Crippen molar-refractivity contribution in [3.63, 3.8) is 0 Å². The maximum atomic E-state index is 14.2. The van der Waals surface area contributed by atoms with Crippen LogP contribution in [0.2, 0.25) is 4.34 Å². The zero-order valence-corrected chi connectivity index (χ0v) is 23.1. The van der Waals surface area contributed by atoms with E-state index in [0.29, 0.717) is 22.3 Å². The Morgan fingerprint density at radius 2 is 2.03 bits per heavy atom. The topological polar surface area (TPSA) is 83.5 Å². The van der Waals surface area contributed by atoms with Crippen molar-refractivity contribution in [2.45, 2.75) is 49.9 Å². The molecular formula is C25H25ClN4O3S3. The number of hydrogen-bond acceptors (Lipinski definition) is 7. The van der Waals surface area contributed by atoms with Crippen molar-refractivity contribution in [1.82, 2.24) is 14.3 Å². The Balaban J connectivity index is 1.56. The molecule has 4 heterocycles. The zero-order valence-electron chi connectivity index (χ0n) is 19.8. The predicted octanol–water partition coefficient (Wildman–Crippen LogP) is 5.80. The minimum atomic E-state index is -3.87. The summed E-state index contributed by atoms with van der Waals surface area (Å²) in [5, 5.41) is 0.551. The number of pyridine rings is 1. The Hall–Kier alpha value is -2.37. The van der Waals surface area contributed by atoms with E-state index in [1.54, 1.807) is 23.4 Å². The van der Waals surface area contributed by atoms with E-state index in [0.717, 1.165) is 44.7 Å². The van der Waals surface area contributed by atoms with Crippen molar-refractivity contribution in [2.24, 2.45) is 0 Å². The van der Waals surface area contributed by atoms with Crippen LogP contribution in [0.4, 0.5) is 5.13 Å². The van der Waals surface area contributed by atoms with Gasteiger partial charge in [0.1, 0.15) is 10.3 Å². The average Bonchev–Trinajstić information content (AvgIpc) is 3.50. The van der Waals surface area contributed by atoms with Gasteiger partial charge in [-0.1, -0.05) is 41.5 Å². The molecule has 1 aromatic carbocycles. The third-order valence-corrected chi connectivity index (χ3v) is 10.9. The van der Waals surface area contributed by atoms with Crippen LogP contribution < -0.4 is 4.90 Å². The highest BCUT2D eigenvalue weighted by Crippen LogP contribution is 2.36. The van der Waals surface area contributed by atoms with E-state index in [2.05, 4.69) is 17.1 Å². The number of halogens is 1. The Morgan fingerprint density at radius 3 is 2.75 bits per heavy atom. The quantitative estimate of drug-likeness (QED) is 0.297. The highest BCUT2D eigenvalue weighted by molar-refractivity contribution is 7.91. The van der Waals surface area contributed by atoms with Crippen LogP contribution in [0.25, 0.3) is 10.2 Å². The van der Waals surface area contributed by atoms with E-state index in [1.165, 1.54) is 21.7 Å². The van der Waals surface area contributed by atoms with E-state index in [4.69, 9.17) is 16.6 Å². The third-order valence-electron chi connectivity index (χ3n) is 6.23. The molecular weight excluding hydrogens is 536 g/mol. The van der Waals surface area contributed by atoms with Crippen molar-refractivity contribution in [1.29, 1.82) is 0 Å². The van der Waals surface area contributed by atoms with Crippen LogP contribution >= 0.6 is 34.3 Å². The maximum Gasteiger partial charge on any atom is 0.253 e. The van der Waals surface area contributed by atoms with Crippen LogP contribution in [0, 0.1) is 13.8 Å². The molecule has 36 heavy (non-hydrogen) atoms. The Morgan fingerprint density at radius 1 is 1.19 bits per heavy atom. The fraction of sp³-hybridized carbons (Fsp3) is 0.320. The molecule has 1 aliphatic heterocycles. The molecule has 7 nitrogen and oxygen atoms in total. The maximum absolute atomic E-state index is 14.2. The van der Waals surface area contributed by atoms with Crippen molar-refractivity contribution in [2.75, 3.05) is 11.4 Å². The summed E-state index contributed by atoms with van der Waals surface area (Å²) >= 11 is 8.49. The van der Waals surface area contributed by atoms with Gasteiger partial charge in [0, 0.05) is 18.9 Å². The standard InChI is InChI=1S/C25H25ClN4O3S3/c1-16-12-17(2)23-20(13-16)34-25(28-23)29(15-18-6-5-10-27-14-18)24(31)19-7-3-4-11-30(19)36(32,33)22-9-8-21(26)35-22/h5-6,8-10,12-14,19H,3-4,7,11,15H2,1-2H3. The summed E-state index contributed by atoms with van der Waals surface area (Å²) in [6, 6.07) is 10.1. The lowest BCUT2D eigenvalue weighted by Crippen LogP contribution is -2.52. The predicted molar refractivity (Wildman–Crippen MR) is 145 cm³/mol. The van der Waals surface area contributed by atoms with Gasteiger partial charge in [-0.05, 0) is 67.6 Å². The van der Waals surface area contributed by atoms with Crippen molar-refractivity contribution < 1.29 is 13.2 Å². The molecule has 0 spiro atoms. The highest BCUT2D eigenvalue weighted by atomic mass is 35.5. The summed E-state index contributed by atoms with van der Waals surface area (Å²) < 4.78 is 30.0. The summed E-state index contributed by atoms with van der Waals surface area (Å²) in [5.74, 6) is -0.279. The first-order chi connectivity index (χ1) is 17.2. The van der Waals surface area contributed by atoms with Gasteiger partial charge in [0.25, 0.3) is 10.0 Å². The lowest BCUT2D eigenvalue weighted by atomic mass is 10.0. The monoisotopic (exact) mass is 560 g/mol. The smallest absolute Gasteiger partial charge is 0.253 e. The molecule has 1 fully saturated rings. The number of carbonyl (C=O) groups is 1. The molecule has 188 valence electrons. The molecule has 1 unspecified atom stereocenters. The number of carbonyl (C=O) groups excluding carboxylic acids is 1. The number of hydrogen-bond donors (Lipinski definition) is 0. The van der Waals surface area contributed by atoms with Gasteiger partial charge in [-0.25, -0.2) is 13.4 Å². The summed E-state index contributed by atoms with van der Waals surface area (Å²) in [6.45, 7) is 4.58. The highest BCUT2D eigenvalue weighted by Gasteiger charge is 2.41. The molecule has 1 amide bonds. The molecule has 5 rings (SSSR count). The number of aryl methyl sites for hydroxylation is 2. The van der Waals surface area contributed by atoms with Crippen molar-refractivity contribution in [3.05, 3.63) is 69.8 Å². The largest absolute Gasteiger partial charge is 0.282 e. The van der Waals surface area contributed by atoms with Crippen LogP contribution in [-0.2, 0) is 21.4 Å². The molecule has 0 radical (unpaired) electrons. The van der Waals surface area contributed by atoms with E-state index in [1.807, 2.05) is 26.0 Å². The minimum absolute atomic E-state index is 0.150. The van der Waals surface area contributed by atoms with Gasteiger partial charge in [-0.2, -0.15) is 4.31 Å². The lowest BCUT2D eigenvalue weighted by Gasteiger charge is -2.35. The third kappa shape index (κ3) is 4.92. The van der Waals surface area contributed by atoms with Crippen LogP contribution in [0.5, 0.6) is 0 Å². The first-order valence-electron chi connectivity index (χ1n) is 11.6. The first kappa shape index (κ1) is 25.3. The van der Waals surface area contributed by atoms with Gasteiger partial charge < -0.3 is 0 Å². The summed E-state index contributed by atoms with van der Waals surface area (Å²) in [5.41, 5.74) is 3.86. The van der Waals surface area contributed by atoms with Gasteiger partial charge in [0.2, 0.25) is 5.91 Å². The number of sulfonamides is 1. The van der Waals surface area contributed by atoms with E-state index in [9.17, 15) is 13.2 Å². The zero-order chi connectivity index (χ0) is 25.4. The number of thiophene rings is 1. The van der Waals surface area contributed by atoms with E-state index in [-0.39, 0.29) is 23.2 Å². The van der Waals surface area contributed by atoms with Crippen LogP contribution in [0.3, 0.4) is 0 Å². The second-order valence-electron chi connectivity index (χ2n) is 8.90. The number of piperidine rings is 1. The number of aromatic nitrogens is 2. The summed E-state index contributed by atoms with van der Waals surface area (Å²) in [6.07, 6.45) is 5.31. The molecule has 0 bridgehead atoms. The van der Waals surface area contributed by atoms with E-state index >= 15 is 0 Å². The molecule has 1 saturated heterocycles.